The van der Waals surface area contributed by atoms with Crippen LogP contribution in [-0.2, 0) is 13.0 Å². The monoisotopic (exact) mass is 242 g/mol. The minimum absolute atomic E-state index is 0.0141. The van der Waals surface area contributed by atoms with Gasteiger partial charge in [0.2, 0.25) is 0 Å². The average molecular weight is 242 g/mol. The summed E-state index contributed by atoms with van der Waals surface area (Å²) in [6, 6.07) is 9.86. The highest BCUT2D eigenvalue weighted by molar-refractivity contribution is 5.43. The first-order valence-corrected chi connectivity index (χ1v) is 6.18. The van der Waals surface area contributed by atoms with Crippen LogP contribution in [0.2, 0.25) is 0 Å². The van der Waals surface area contributed by atoms with Crippen LogP contribution in [0, 0.1) is 6.92 Å². The van der Waals surface area contributed by atoms with Crippen LogP contribution in [0.25, 0.3) is 5.69 Å². The van der Waals surface area contributed by atoms with Crippen LogP contribution in [0.15, 0.2) is 41.3 Å². The summed E-state index contributed by atoms with van der Waals surface area (Å²) in [6.45, 7) is 4.34. The highest BCUT2D eigenvalue weighted by Crippen LogP contribution is 2.16. The summed E-state index contributed by atoms with van der Waals surface area (Å²) in [5, 5.41) is 0. The highest BCUT2D eigenvalue weighted by atomic mass is 16.1. The minimum Gasteiger partial charge on any atom is -0.326 e. The van der Waals surface area contributed by atoms with Gasteiger partial charge in [-0.05, 0) is 25.0 Å². The summed E-state index contributed by atoms with van der Waals surface area (Å²) in [7, 11) is 0. The molecule has 0 unspecified atom stereocenters. The Morgan fingerprint density at radius 1 is 1.22 bits per heavy atom. The van der Waals surface area contributed by atoms with Crippen LogP contribution in [0.3, 0.4) is 0 Å². The minimum atomic E-state index is 0.0141. The van der Waals surface area contributed by atoms with E-state index in [2.05, 4.69) is 19.1 Å². The molecule has 0 radical (unpaired) electrons. The van der Waals surface area contributed by atoms with E-state index in [0.29, 0.717) is 5.56 Å². The van der Waals surface area contributed by atoms with Gasteiger partial charge in [0.1, 0.15) is 0 Å². The maximum absolute atomic E-state index is 11.7. The van der Waals surface area contributed by atoms with Crippen molar-refractivity contribution in [3.8, 4) is 5.69 Å². The first-order chi connectivity index (χ1) is 8.67. The fourth-order valence-corrected chi connectivity index (χ4v) is 2.13. The molecular formula is C15H18N2O. The Morgan fingerprint density at radius 3 is 2.61 bits per heavy atom. The van der Waals surface area contributed by atoms with Crippen molar-refractivity contribution < 1.29 is 0 Å². The molecule has 0 saturated heterocycles. The Morgan fingerprint density at radius 2 is 1.94 bits per heavy atom. The number of nitrogens with zero attached hydrogens (tertiary/aromatic N) is 1. The summed E-state index contributed by atoms with van der Waals surface area (Å²) in [4.78, 5) is 11.7. The molecule has 0 atom stereocenters. The van der Waals surface area contributed by atoms with Crippen molar-refractivity contribution in [2.24, 2.45) is 5.73 Å². The number of hydrogen-bond acceptors (Lipinski definition) is 2. The van der Waals surface area contributed by atoms with Gasteiger partial charge in [0.15, 0.2) is 5.43 Å². The van der Waals surface area contributed by atoms with E-state index in [1.807, 2.05) is 29.8 Å². The Bertz CT molecular complexity index is 614. The Hall–Kier alpha value is -1.87. The molecule has 2 N–H and O–H groups in total. The van der Waals surface area contributed by atoms with Gasteiger partial charge in [0.05, 0.1) is 0 Å². The molecule has 3 nitrogen and oxygen atoms in total. The van der Waals surface area contributed by atoms with E-state index in [4.69, 9.17) is 5.73 Å². The number of pyridine rings is 1. The van der Waals surface area contributed by atoms with Gasteiger partial charge in [-0.3, -0.25) is 4.79 Å². The molecule has 0 aliphatic heterocycles. The van der Waals surface area contributed by atoms with E-state index in [1.165, 1.54) is 5.56 Å². The van der Waals surface area contributed by atoms with E-state index >= 15 is 0 Å². The van der Waals surface area contributed by atoms with Gasteiger partial charge in [-0.2, -0.15) is 0 Å². The Kier molecular flexibility index (Phi) is 3.63. The molecule has 0 aliphatic carbocycles. The number of hydrogen-bond donors (Lipinski definition) is 1. The van der Waals surface area contributed by atoms with Gasteiger partial charge < -0.3 is 10.3 Å². The quantitative estimate of drug-likeness (QED) is 0.896. The SMILES string of the molecule is CCc1ccccc1-n1cc(CN)c(=O)cc1C. The molecule has 18 heavy (non-hydrogen) atoms. The smallest absolute Gasteiger partial charge is 0.186 e. The van der Waals surface area contributed by atoms with Gasteiger partial charge in [-0.1, -0.05) is 25.1 Å². The van der Waals surface area contributed by atoms with Crippen molar-refractivity contribution in [2.45, 2.75) is 26.8 Å². The van der Waals surface area contributed by atoms with Gasteiger partial charge in [0.25, 0.3) is 0 Å². The zero-order valence-corrected chi connectivity index (χ0v) is 10.8. The molecule has 0 fully saturated rings. The summed E-state index contributed by atoms with van der Waals surface area (Å²) in [5.41, 5.74) is 9.57. The highest BCUT2D eigenvalue weighted by Gasteiger charge is 2.07. The van der Waals surface area contributed by atoms with Crippen molar-refractivity contribution in [1.29, 1.82) is 0 Å². The molecule has 0 bridgehead atoms. The van der Waals surface area contributed by atoms with Crippen molar-refractivity contribution in [1.82, 2.24) is 4.57 Å². The van der Waals surface area contributed by atoms with Crippen molar-refractivity contribution in [3.63, 3.8) is 0 Å². The summed E-state index contributed by atoms with van der Waals surface area (Å²) in [6.07, 6.45) is 2.81. The Labute approximate surface area is 107 Å². The lowest BCUT2D eigenvalue weighted by Gasteiger charge is -2.15. The lowest BCUT2D eigenvalue weighted by atomic mass is 10.1. The van der Waals surface area contributed by atoms with Crippen LogP contribution >= 0.6 is 0 Å². The molecule has 0 saturated carbocycles. The van der Waals surface area contributed by atoms with Crippen LogP contribution in [-0.4, -0.2) is 4.57 Å². The largest absolute Gasteiger partial charge is 0.326 e. The predicted octanol–water partition coefficient (Wildman–Crippen LogP) is 2.17. The fourth-order valence-electron chi connectivity index (χ4n) is 2.13. The molecule has 3 heteroatoms. The topological polar surface area (TPSA) is 48.0 Å². The lowest BCUT2D eigenvalue weighted by molar-refractivity contribution is 0.906. The summed E-state index contributed by atoms with van der Waals surface area (Å²) < 4.78 is 2.04. The number of benzene rings is 1. The third-order valence-electron chi connectivity index (χ3n) is 3.17. The normalized spacial score (nSPS) is 10.6. The maximum atomic E-state index is 11.7. The van der Waals surface area contributed by atoms with Gasteiger partial charge in [-0.25, -0.2) is 0 Å². The second-order valence-corrected chi connectivity index (χ2v) is 4.36. The summed E-state index contributed by atoms with van der Waals surface area (Å²) >= 11 is 0. The second kappa shape index (κ2) is 5.19. The number of rotatable bonds is 3. The molecule has 1 aromatic carbocycles. The third-order valence-corrected chi connectivity index (χ3v) is 3.17. The molecule has 0 amide bonds. The van der Waals surface area contributed by atoms with Gasteiger partial charge in [-0.15, -0.1) is 0 Å². The average Bonchev–Trinajstić information content (AvgIpc) is 2.39. The molecule has 2 aromatic rings. The number of aromatic nitrogens is 1. The maximum Gasteiger partial charge on any atom is 0.186 e. The molecular weight excluding hydrogens is 224 g/mol. The van der Waals surface area contributed by atoms with Crippen molar-refractivity contribution in [2.75, 3.05) is 0 Å². The fraction of sp³-hybridized carbons (Fsp3) is 0.267. The third kappa shape index (κ3) is 2.22. The van der Waals surface area contributed by atoms with E-state index in [0.717, 1.165) is 17.8 Å². The molecule has 0 spiro atoms. The van der Waals surface area contributed by atoms with Crippen LogP contribution in [0.4, 0.5) is 0 Å². The van der Waals surface area contributed by atoms with Crippen LogP contribution < -0.4 is 11.2 Å². The zero-order chi connectivity index (χ0) is 13.1. The predicted molar refractivity (Wildman–Crippen MR) is 74.0 cm³/mol. The van der Waals surface area contributed by atoms with E-state index in [9.17, 15) is 4.79 Å². The number of para-hydroxylation sites is 1. The van der Waals surface area contributed by atoms with Crippen LogP contribution in [0.5, 0.6) is 0 Å². The first kappa shape index (κ1) is 12.6. The standard InChI is InChI=1S/C15H18N2O/c1-3-12-6-4-5-7-14(12)17-10-13(9-16)15(18)8-11(17)2/h4-8,10H,3,9,16H2,1-2H3. The van der Waals surface area contributed by atoms with Crippen LogP contribution in [0.1, 0.15) is 23.7 Å². The molecule has 1 heterocycles. The van der Waals surface area contributed by atoms with Gasteiger partial charge >= 0.3 is 0 Å². The molecule has 2 rings (SSSR count). The number of aryl methyl sites for hydroxylation is 2. The second-order valence-electron chi connectivity index (χ2n) is 4.36. The molecule has 1 aromatic heterocycles. The molecule has 94 valence electrons. The van der Waals surface area contributed by atoms with Crippen molar-refractivity contribution >= 4 is 0 Å². The van der Waals surface area contributed by atoms with E-state index < -0.39 is 0 Å². The van der Waals surface area contributed by atoms with Gasteiger partial charge in [0, 0.05) is 35.8 Å². The zero-order valence-electron chi connectivity index (χ0n) is 10.8. The summed E-state index contributed by atoms with van der Waals surface area (Å²) in [5.74, 6) is 0. The Balaban J connectivity index is 2.67. The molecule has 0 aliphatic rings. The lowest BCUT2D eigenvalue weighted by Crippen LogP contribution is -2.17. The van der Waals surface area contributed by atoms with Crippen molar-refractivity contribution in [3.05, 3.63) is 63.6 Å². The van der Waals surface area contributed by atoms with E-state index in [1.54, 1.807) is 6.07 Å². The first-order valence-electron chi connectivity index (χ1n) is 6.18. The number of nitrogens with two attached hydrogens (primary N) is 1. The van der Waals surface area contributed by atoms with E-state index in [-0.39, 0.29) is 12.0 Å².